The smallest absolute Gasteiger partial charge is 0.416 e. The Balaban J connectivity index is 1.84. The molecule has 1 aromatic heterocycles. The summed E-state index contributed by atoms with van der Waals surface area (Å²) in [6, 6.07) is 5.34. The van der Waals surface area contributed by atoms with Gasteiger partial charge in [-0.3, -0.25) is 4.99 Å². The van der Waals surface area contributed by atoms with Crippen molar-refractivity contribution in [2.75, 3.05) is 26.7 Å². The summed E-state index contributed by atoms with van der Waals surface area (Å²) < 4.78 is 42.7. The Morgan fingerprint density at radius 3 is 2.96 bits per heavy atom. The molecule has 1 saturated heterocycles. The number of ether oxygens (including phenoxy) is 1. The van der Waals surface area contributed by atoms with E-state index < -0.39 is 18.8 Å². The van der Waals surface area contributed by atoms with Crippen LogP contribution < -0.4 is 10.1 Å². The van der Waals surface area contributed by atoms with Gasteiger partial charge in [-0.2, -0.15) is 13.2 Å². The second kappa shape index (κ2) is 7.49. The van der Waals surface area contributed by atoms with Gasteiger partial charge in [0.25, 0.3) is 0 Å². The van der Waals surface area contributed by atoms with Crippen molar-refractivity contribution in [2.24, 2.45) is 4.99 Å². The molecule has 2 unspecified atom stereocenters. The van der Waals surface area contributed by atoms with E-state index in [1.165, 1.54) is 7.05 Å². The molecule has 9 heteroatoms. The summed E-state index contributed by atoms with van der Waals surface area (Å²) in [4.78, 5) is 9.81. The van der Waals surface area contributed by atoms with Crippen LogP contribution in [0.15, 0.2) is 29.4 Å². The van der Waals surface area contributed by atoms with Gasteiger partial charge in [0, 0.05) is 32.3 Å². The SMILES string of the molecule is CN=C(NCC(O)C(F)(F)F)N1CCC(Oc2ccccn2)C1. The van der Waals surface area contributed by atoms with Crippen molar-refractivity contribution < 1.29 is 23.0 Å². The van der Waals surface area contributed by atoms with Gasteiger partial charge in [-0.1, -0.05) is 6.07 Å². The highest BCUT2D eigenvalue weighted by molar-refractivity contribution is 5.80. The van der Waals surface area contributed by atoms with Crippen molar-refractivity contribution in [1.29, 1.82) is 0 Å². The van der Waals surface area contributed by atoms with E-state index in [1.807, 2.05) is 6.07 Å². The molecular formula is C14H19F3N4O2. The van der Waals surface area contributed by atoms with E-state index in [-0.39, 0.29) is 6.10 Å². The zero-order chi connectivity index (χ0) is 16.9. The third kappa shape index (κ3) is 4.98. The minimum atomic E-state index is -4.65. The molecule has 1 aromatic rings. The number of nitrogens with zero attached hydrogens (tertiary/aromatic N) is 3. The molecule has 23 heavy (non-hydrogen) atoms. The monoisotopic (exact) mass is 332 g/mol. The minimum Gasteiger partial charge on any atom is -0.472 e. The average molecular weight is 332 g/mol. The molecule has 0 aromatic carbocycles. The van der Waals surface area contributed by atoms with Crippen LogP contribution in [0.3, 0.4) is 0 Å². The van der Waals surface area contributed by atoms with Crippen LogP contribution in [0, 0.1) is 0 Å². The number of likely N-dealkylation sites (tertiary alicyclic amines) is 1. The summed E-state index contributed by atoms with van der Waals surface area (Å²) >= 11 is 0. The second-order valence-corrected chi connectivity index (χ2v) is 5.13. The molecule has 6 nitrogen and oxygen atoms in total. The number of aliphatic imine (C=N–C) groups is 1. The largest absolute Gasteiger partial charge is 0.472 e. The maximum Gasteiger partial charge on any atom is 0.416 e. The lowest BCUT2D eigenvalue weighted by atomic mass is 10.3. The zero-order valence-electron chi connectivity index (χ0n) is 12.6. The van der Waals surface area contributed by atoms with Gasteiger partial charge in [-0.25, -0.2) is 4.98 Å². The number of rotatable bonds is 4. The van der Waals surface area contributed by atoms with Crippen molar-refractivity contribution in [3.05, 3.63) is 24.4 Å². The number of hydrogen-bond acceptors (Lipinski definition) is 4. The van der Waals surface area contributed by atoms with Gasteiger partial charge in [0.15, 0.2) is 12.1 Å². The standard InChI is InChI=1S/C14H19F3N4O2/c1-18-13(20-8-11(22)14(15,16)17)21-7-5-10(9-21)23-12-4-2-3-6-19-12/h2-4,6,10-11,22H,5,7-9H2,1H3,(H,18,20). The molecule has 1 fully saturated rings. The highest BCUT2D eigenvalue weighted by Gasteiger charge is 2.38. The lowest BCUT2D eigenvalue weighted by Crippen LogP contribution is -2.46. The Bertz CT molecular complexity index is 525. The fourth-order valence-corrected chi connectivity index (χ4v) is 2.24. The fraction of sp³-hybridized carbons (Fsp3) is 0.571. The topological polar surface area (TPSA) is 70.0 Å². The molecular weight excluding hydrogens is 313 g/mol. The van der Waals surface area contributed by atoms with Gasteiger partial charge in [-0.15, -0.1) is 0 Å². The van der Waals surface area contributed by atoms with E-state index in [9.17, 15) is 13.2 Å². The van der Waals surface area contributed by atoms with Crippen molar-refractivity contribution in [3.63, 3.8) is 0 Å². The first kappa shape index (κ1) is 17.3. The van der Waals surface area contributed by atoms with Crippen LogP contribution in [0.1, 0.15) is 6.42 Å². The van der Waals surface area contributed by atoms with E-state index in [2.05, 4.69) is 15.3 Å². The van der Waals surface area contributed by atoms with Crippen LogP contribution in [0.5, 0.6) is 5.88 Å². The molecule has 1 aliphatic rings. The van der Waals surface area contributed by atoms with Crippen LogP contribution in [-0.2, 0) is 0 Å². The second-order valence-electron chi connectivity index (χ2n) is 5.13. The Hall–Kier alpha value is -2.03. The van der Waals surface area contributed by atoms with Crippen LogP contribution in [-0.4, -0.2) is 66.0 Å². The van der Waals surface area contributed by atoms with E-state index in [1.54, 1.807) is 23.2 Å². The molecule has 0 bridgehead atoms. The first-order valence-electron chi connectivity index (χ1n) is 7.18. The van der Waals surface area contributed by atoms with Gasteiger partial charge in [0.05, 0.1) is 13.1 Å². The summed E-state index contributed by atoms with van der Waals surface area (Å²) in [5.41, 5.74) is 0. The molecule has 2 N–H and O–H groups in total. The Morgan fingerprint density at radius 2 is 2.35 bits per heavy atom. The normalized spacial score (nSPS) is 20.5. The summed E-state index contributed by atoms with van der Waals surface area (Å²) in [5, 5.41) is 11.6. The summed E-state index contributed by atoms with van der Waals surface area (Å²) in [5.74, 6) is 0.815. The van der Waals surface area contributed by atoms with Crippen molar-refractivity contribution in [3.8, 4) is 5.88 Å². The van der Waals surface area contributed by atoms with E-state index in [0.717, 1.165) is 0 Å². The number of aliphatic hydroxyl groups excluding tert-OH is 1. The molecule has 0 radical (unpaired) electrons. The summed E-state index contributed by atoms with van der Waals surface area (Å²) in [7, 11) is 1.48. The first-order chi connectivity index (χ1) is 10.9. The van der Waals surface area contributed by atoms with E-state index >= 15 is 0 Å². The number of aliphatic hydroxyl groups is 1. The third-order valence-corrected chi connectivity index (χ3v) is 3.41. The van der Waals surface area contributed by atoms with Crippen LogP contribution in [0.25, 0.3) is 0 Å². The number of guanidine groups is 1. The quantitative estimate of drug-likeness (QED) is 0.637. The minimum absolute atomic E-state index is 0.115. The number of pyridine rings is 1. The number of alkyl halides is 3. The highest BCUT2D eigenvalue weighted by atomic mass is 19.4. The van der Waals surface area contributed by atoms with Gasteiger partial charge in [0.1, 0.15) is 6.10 Å². The lowest BCUT2D eigenvalue weighted by Gasteiger charge is -2.23. The van der Waals surface area contributed by atoms with E-state index in [4.69, 9.17) is 9.84 Å². The number of halogens is 3. The first-order valence-corrected chi connectivity index (χ1v) is 7.18. The predicted molar refractivity (Wildman–Crippen MR) is 78.3 cm³/mol. The predicted octanol–water partition coefficient (Wildman–Crippen LogP) is 1.03. The summed E-state index contributed by atoms with van der Waals surface area (Å²) in [6.07, 6.45) is -4.86. The zero-order valence-corrected chi connectivity index (χ0v) is 12.6. The highest BCUT2D eigenvalue weighted by Crippen LogP contribution is 2.20. The molecule has 0 spiro atoms. The molecule has 0 saturated carbocycles. The molecule has 0 aliphatic carbocycles. The van der Waals surface area contributed by atoms with E-state index in [0.29, 0.717) is 31.3 Å². The third-order valence-electron chi connectivity index (χ3n) is 3.41. The number of hydrogen-bond donors (Lipinski definition) is 2. The van der Waals surface area contributed by atoms with Gasteiger partial charge >= 0.3 is 6.18 Å². The fourth-order valence-electron chi connectivity index (χ4n) is 2.24. The Labute approximate surface area is 132 Å². The van der Waals surface area contributed by atoms with Gasteiger partial charge in [0.2, 0.25) is 5.88 Å². The number of aromatic nitrogens is 1. The summed E-state index contributed by atoms with van der Waals surface area (Å²) in [6.45, 7) is 0.441. The Morgan fingerprint density at radius 1 is 1.57 bits per heavy atom. The molecule has 1 aliphatic heterocycles. The van der Waals surface area contributed by atoms with Crippen molar-refractivity contribution in [1.82, 2.24) is 15.2 Å². The lowest BCUT2D eigenvalue weighted by molar-refractivity contribution is -0.201. The molecule has 2 atom stereocenters. The maximum absolute atomic E-state index is 12.3. The van der Waals surface area contributed by atoms with Gasteiger partial charge < -0.3 is 20.1 Å². The van der Waals surface area contributed by atoms with Crippen LogP contribution in [0.4, 0.5) is 13.2 Å². The molecule has 2 heterocycles. The van der Waals surface area contributed by atoms with Crippen molar-refractivity contribution >= 4 is 5.96 Å². The molecule has 2 rings (SSSR count). The number of nitrogens with one attached hydrogen (secondary N) is 1. The average Bonchev–Trinajstić information content (AvgIpc) is 2.96. The van der Waals surface area contributed by atoms with Gasteiger partial charge in [-0.05, 0) is 6.07 Å². The molecule has 0 amide bonds. The maximum atomic E-state index is 12.3. The van der Waals surface area contributed by atoms with Crippen molar-refractivity contribution in [2.45, 2.75) is 24.8 Å². The van der Waals surface area contributed by atoms with Crippen LogP contribution >= 0.6 is 0 Å². The Kier molecular flexibility index (Phi) is 5.64. The van der Waals surface area contributed by atoms with Crippen LogP contribution in [0.2, 0.25) is 0 Å². The molecule has 128 valence electrons.